The summed E-state index contributed by atoms with van der Waals surface area (Å²) in [6.07, 6.45) is 2.70. The maximum Gasteiger partial charge on any atom is 0.261 e. The molecule has 0 spiro atoms. The van der Waals surface area contributed by atoms with E-state index in [1.165, 1.54) is 0 Å². The van der Waals surface area contributed by atoms with Gasteiger partial charge in [0.1, 0.15) is 0 Å². The molecule has 0 aliphatic heterocycles. The van der Waals surface area contributed by atoms with Crippen LogP contribution in [0.25, 0.3) is 0 Å². The number of hydrogen-bond acceptors (Lipinski definition) is 4. The number of benzene rings is 4. The van der Waals surface area contributed by atoms with E-state index in [2.05, 4.69) is 121 Å². The number of sulfone groups is 1. The third-order valence-electron chi connectivity index (χ3n) is 10.7. The molecule has 2 atom stereocenters. The topological polar surface area (TPSA) is 52.6 Å². The van der Waals surface area contributed by atoms with E-state index in [1.54, 1.807) is 24.3 Å². The first-order chi connectivity index (χ1) is 23.5. The zero-order chi connectivity index (χ0) is 36.4. The number of rotatable bonds is 12. The van der Waals surface area contributed by atoms with Crippen molar-refractivity contribution >= 4 is 48.4 Å². The SMILES string of the molecule is CC(C)(C)[Si](C)(C)OCCc1ccc(CCl)c([C@@H]2C[C@@H](O[Si](c3ccccc3)(c3ccccc3)C(C)(C)C)C=C2S(=O)(=O)c2ccccc2)c1. The zero-order valence-corrected chi connectivity index (χ0v) is 34.4. The smallest absolute Gasteiger partial charge is 0.261 e. The monoisotopic (exact) mass is 744 g/mol. The van der Waals surface area contributed by atoms with Gasteiger partial charge in [-0.2, -0.15) is 0 Å². The molecule has 0 unspecified atom stereocenters. The Labute approximate surface area is 308 Å². The van der Waals surface area contributed by atoms with Crippen molar-refractivity contribution in [2.75, 3.05) is 6.61 Å². The summed E-state index contributed by atoms with van der Waals surface area (Å²) in [6.45, 7) is 18.6. The minimum atomic E-state index is -3.85. The van der Waals surface area contributed by atoms with E-state index < -0.39 is 38.5 Å². The van der Waals surface area contributed by atoms with Crippen LogP contribution in [0.3, 0.4) is 0 Å². The van der Waals surface area contributed by atoms with Crippen LogP contribution in [0.15, 0.2) is 125 Å². The molecule has 4 nitrogen and oxygen atoms in total. The molecule has 0 radical (unpaired) electrons. The second-order valence-corrected chi connectivity index (χ2v) is 27.3. The summed E-state index contributed by atoms with van der Waals surface area (Å²) >= 11 is 6.61. The predicted molar refractivity (Wildman–Crippen MR) is 214 cm³/mol. The van der Waals surface area contributed by atoms with Crippen LogP contribution in [0, 0.1) is 0 Å². The first-order valence-electron chi connectivity index (χ1n) is 17.6. The Morgan fingerprint density at radius 2 is 1.30 bits per heavy atom. The van der Waals surface area contributed by atoms with Gasteiger partial charge >= 0.3 is 0 Å². The van der Waals surface area contributed by atoms with E-state index in [1.807, 2.05) is 24.3 Å². The van der Waals surface area contributed by atoms with E-state index in [4.69, 9.17) is 20.5 Å². The molecule has 266 valence electrons. The van der Waals surface area contributed by atoms with Gasteiger partial charge in [-0.3, -0.25) is 0 Å². The summed E-state index contributed by atoms with van der Waals surface area (Å²) in [7, 11) is -8.74. The van der Waals surface area contributed by atoms with Crippen LogP contribution in [0.2, 0.25) is 23.2 Å². The van der Waals surface area contributed by atoms with Crippen LogP contribution in [-0.2, 0) is 31.0 Å². The highest BCUT2D eigenvalue weighted by Crippen LogP contribution is 2.46. The lowest BCUT2D eigenvalue weighted by molar-refractivity contribution is 0.228. The van der Waals surface area contributed by atoms with Gasteiger partial charge in [0.2, 0.25) is 9.84 Å². The van der Waals surface area contributed by atoms with Crippen molar-refractivity contribution in [1.82, 2.24) is 0 Å². The van der Waals surface area contributed by atoms with E-state index in [9.17, 15) is 8.42 Å². The molecule has 5 rings (SSSR count). The summed E-state index contributed by atoms with van der Waals surface area (Å²) < 4.78 is 43.2. The normalized spacial score (nSPS) is 17.5. The molecule has 0 amide bonds. The van der Waals surface area contributed by atoms with E-state index in [0.717, 1.165) is 33.5 Å². The second-order valence-electron chi connectivity index (χ2n) is 16.0. The lowest BCUT2D eigenvalue weighted by atomic mass is 9.91. The Bertz CT molecular complexity index is 1840. The molecular formula is C42H53ClO4SSi2. The largest absolute Gasteiger partial charge is 0.416 e. The Hall–Kier alpha value is -2.79. The Morgan fingerprint density at radius 1 is 0.760 bits per heavy atom. The predicted octanol–water partition coefficient (Wildman–Crippen LogP) is 9.78. The number of hydrogen-bond donors (Lipinski definition) is 0. The summed E-state index contributed by atoms with van der Waals surface area (Å²) in [5.41, 5.74) is 3.00. The lowest BCUT2D eigenvalue weighted by Crippen LogP contribution is -2.67. The standard InChI is InChI=1S/C42H53ClO4SSi2/c1-41(2,3)49(7,8)46-27-26-32-24-25-33(31-43)38(28-32)39-29-34(30-40(39)48(44,45)35-18-12-9-13-19-35)47-50(42(4,5)6,36-20-14-10-15-21-36)37-22-16-11-17-23-37/h9-25,28,30,34,39H,26-27,29,31H2,1-8H3/t34-,39+/m1/s1. The summed E-state index contributed by atoms with van der Waals surface area (Å²) in [6, 6.07) is 36.1. The molecule has 0 heterocycles. The summed E-state index contributed by atoms with van der Waals surface area (Å²) in [5, 5.41) is 2.18. The van der Waals surface area contributed by atoms with Gasteiger partial charge in [-0.1, -0.05) is 139 Å². The molecule has 4 aromatic carbocycles. The minimum Gasteiger partial charge on any atom is -0.416 e. The quantitative estimate of drug-likeness (QED) is 0.107. The second kappa shape index (κ2) is 15.1. The van der Waals surface area contributed by atoms with Crippen molar-refractivity contribution in [2.24, 2.45) is 0 Å². The zero-order valence-electron chi connectivity index (χ0n) is 30.9. The highest BCUT2D eigenvalue weighted by molar-refractivity contribution is 7.95. The van der Waals surface area contributed by atoms with Gasteiger partial charge in [0.25, 0.3) is 8.32 Å². The van der Waals surface area contributed by atoms with Crippen molar-refractivity contribution in [3.8, 4) is 0 Å². The fraction of sp³-hybridized carbons (Fsp3) is 0.381. The van der Waals surface area contributed by atoms with Crippen LogP contribution in [0.5, 0.6) is 0 Å². The molecular weight excluding hydrogens is 692 g/mol. The van der Waals surface area contributed by atoms with Crippen molar-refractivity contribution in [3.05, 3.63) is 137 Å². The molecule has 8 heteroatoms. The molecule has 0 bridgehead atoms. The Morgan fingerprint density at radius 3 is 1.80 bits per heavy atom. The van der Waals surface area contributed by atoms with Gasteiger partial charge in [0.05, 0.1) is 15.9 Å². The molecule has 1 aliphatic carbocycles. The van der Waals surface area contributed by atoms with Gasteiger partial charge in [-0.25, -0.2) is 8.42 Å². The molecule has 50 heavy (non-hydrogen) atoms. The van der Waals surface area contributed by atoms with E-state index >= 15 is 0 Å². The molecule has 0 fully saturated rings. The minimum absolute atomic E-state index is 0.121. The van der Waals surface area contributed by atoms with Crippen LogP contribution >= 0.6 is 11.6 Å². The van der Waals surface area contributed by atoms with E-state index in [-0.39, 0.29) is 20.9 Å². The van der Waals surface area contributed by atoms with Crippen LogP contribution in [0.1, 0.15) is 70.6 Å². The van der Waals surface area contributed by atoms with E-state index in [0.29, 0.717) is 17.9 Å². The summed E-state index contributed by atoms with van der Waals surface area (Å²) in [5.74, 6) is -0.135. The maximum absolute atomic E-state index is 14.6. The van der Waals surface area contributed by atoms with Crippen molar-refractivity contribution in [2.45, 2.75) is 100 Å². The van der Waals surface area contributed by atoms with Gasteiger partial charge < -0.3 is 8.85 Å². The van der Waals surface area contributed by atoms with Gasteiger partial charge in [0.15, 0.2) is 8.32 Å². The third-order valence-corrected chi connectivity index (χ3v) is 22.5. The number of allylic oxidation sites excluding steroid dienone is 1. The molecule has 0 saturated heterocycles. The van der Waals surface area contributed by atoms with Crippen LogP contribution < -0.4 is 10.4 Å². The average Bonchev–Trinajstić information content (AvgIpc) is 3.52. The lowest BCUT2D eigenvalue weighted by Gasteiger charge is -2.44. The number of alkyl halides is 1. The van der Waals surface area contributed by atoms with Crippen molar-refractivity contribution < 1.29 is 17.3 Å². The molecule has 0 saturated carbocycles. The van der Waals surface area contributed by atoms with Crippen molar-refractivity contribution in [1.29, 1.82) is 0 Å². The van der Waals surface area contributed by atoms with Gasteiger partial charge in [0, 0.05) is 18.4 Å². The number of halogens is 1. The van der Waals surface area contributed by atoms with Crippen LogP contribution in [0.4, 0.5) is 0 Å². The first kappa shape index (κ1) is 38.4. The highest BCUT2D eigenvalue weighted by atomic mass is 35.5. The highest BCUT2D eigenvalue weighted by Gasteiger charge is 2.52. The van der Waals surface area contributed by atoms with Crippen molar-refractivity contribution in [3.63, 3.8) is 0 Å². The molecule has 4 aromatic rings. The summed E-state index contributed by atoms with van der Waals surface area (Å²) in [4.78, 5) is 0.668. The fourth-order valence-electron chi connectivity index (χ4n) is 6.90. The van der Waals surface area contributed by atoms with Crippen LogP contribution in [-0.4, -0.2) is 37.8 Å². The maximum atomic E-state index is 14.6. The third kappa shape index (κ3) is 7.83. The molecule has 1 aliphatic rings. The van der Waals surface area contributed by atoms with Gasteiger partial charge in [-0.15, -0.1) is 11.6 Å². The van der Waals surface area contributed by atoms with Gasteiger partial charge in [-0.05, 0) is 81.3 Å². The fourth-order valence-corrected chi connectivity index (χ4v) is 14.5. The molecule has 0 aromatic heterocycles. The Kier molecular flexibility index (Phi) is 11.6. The molecule has 0 N–H and O–H groups in total. The average molecular weight is 746 g/mol. The Balaban J connectivity index is 1.61. The first-order valence-corrected chi connectivity index (χ1v) is 24.5.